The number of hydrogen-bond acceptors (Lipinski definition) is 2. The molecule has 0 aliphatic carbocycles. The largest absolute Gasteiger partial charge is 0.355 e. The highest BCUT2D eigenvalue weighted by molar-refractivity contribution is 6.36. The Morgan fingerprint density at radius 2 is 1.61 bits per heavy atom. The summed E-state index contributed by atoms with van der Waals surface area (Å²) < 4.78 is 0. The van der Waals surface area contributed by atoms with Gasteiger partial charge in [0.25, 0.3) is 0 Å². The molecular formula is C21H23Cl3N2O2. The third kappa shape index (κ3) is 5.87. The van der Waals surface area contributed by atoms with Crippen molar-refractivity contribution in [1.29, 1.82) is 0 Å². The van der Waals surface area contributed by atoms with E-state index in [1.807, 2.05) is 13.8 Å². The maximum absolute atomic E-state index is 13.2. The highest BCUT2D eigenvalue weighted by Crippen LogP contribution is 2.27. The van der Waals surface area contributed by atoms with Crippen LogP contribution in [0, 0.1) is 0 Å². The molecule has 0 unspecified atom stereocenters. The standard InChI is InChI=1S/C21H23Cl3N2O2/c1-3-19(21(28)25-4-2)26(13-16-17(23)6-5-7-18(16)24)20(27)12-14-8-10-15(22)11-9-14/h5-11,19H,3-4,12-13H2,1-2H3,(H,25,28)/t19-/m0/s1. The van der Waals surface area contributed by atoms with Crippen LogP contribution in [0.3, 0.4) is 0 Å². The molecule has 4 nitrogen and oxygen atoms in total. The molecule has 2 aromatic rings. The van der Waals surface area contributed by atoms with Crippen LogP contribution in [-0.2, 0) is 22.6 Å². The first-order valence-corrected chi connectivity index (χ1v) is 10.2. The highest BCUT2D eigenvalue weighted by atomic mass is 35.5. The summed E-state index contributed by atoms with van der Waals surface area (Å²) in [6, 6.07) is 11.6. The zero-order chi connectivity index (χ0) is 20.7. The fourth-order valence-corrected chi connectivity index (χ4v) is 3.59. The van der Waals surface area contributed by atoms with Gasteiger partial charge in [-0.25, -0.2) is 0 Å². The number of halogens is 3. The molecule has 0 heterocycles. The van der Waals surface area contributed by atoms with Crippen molar-refractivity contribution in [2.45, 2.75) is 39.3 Å². The maximum atomic E-state index is 13.2. The minimum Gasteiger partial charge on any atom is -0.355 e. The minimum atomic E-state index is -0.618. The molecule has 150 valence electrons. The second-order valence-corrected chi connectivity index (χ2v) is 7.59. The average molecular weight is 442 g/mol. The average Bonchev–Trinajstić information content (AvgIpc) is 2.66. The van der Waals surface area contributed by atoms with Crippen molar-refractivity contribution in [3.63, 3.8) is 0 Å². The summed E-state index contributed by atoms with van der Waals surface area (Å²) in [6.07, 6.45) is 0.620. The summed E-state index contributed by atoms with van der Waals surface area (Å²) in [6.45, 7) is 4.36. The fourth-order valence-electron chi connectivity index (χ4n) is 2.94. The molecule has 0 fully saturated rings. The van der Waals surface area contributed by atoms with Crippen LogP contribution in [0.4, 0.5) is 0 Å². The van der Waals surface area contributed by atoms with Gasteiger partial charge in [-0.05, 0) is 43.2 Å². The van der Waals surface area contributed by atoms with Crippen LogP contribution in [0.5, 0.6) is 0 Å². The van der Waals surface area contributed by atoms with Gasteiger partial charge in [0.15, 0.2) is 0 Å². The molecule has 0 aliphatic rings. The van der Waals surface area contributed by atoms with Gasteiger partial charge in [-0.1, -0.05) is 59.9 Å². The lowest BCUT2D eigenvalue weighted by molar-refractivity contribution is -0.140. The van der Waals surface area contributed by atoms with Gasteiger partial charge in [-0.15, -0.1) is 0 Å². The Kier molecular flexibility index (Phi) is 8.61. The number of benzene rings is 2. The van der Waals surface area contributed by atoms with Crippen molar-refractivity contribution in [3.05, 3.63) is 68.7 Å². The molecule has 28 heavy (non-hydrogen) atoms. The van der Waals surface area contributed by atoms with Crippen LogP contribution in [-0.4, -0.2) is 29.3 Å². The highest BCUT2D eigenvalue weighted by Gasteiger charge is 2.29. The minimum absolute atomic E-state index is 0.148. The van der Waals surface area contributed by atoms with E-state index in [9.17, 15) is 9.59 Å². The fraction of sp³-hybridized carbons (Fsp3) is 0.333. The van der Waals surface area contributed by atoms with Crippen molar-refractivity contribution in [3.8, 4) is 0 Å². The van der Waals surface area contributed by atoms with Crippen molar-refractivity contribution < 1.29 is 9.59 Å². The molecule has 0 radical (unpaired) electrons. The maximum Gasteiger partial charge on any atom is 0.242 e. The van der Waals surface area contributed by atoms with E-state index in [1.165, 1.54) is 0 Å². The van der Waals surface area contributed by atoms with Crippen molar-refractivity contribution >= 4 is 46.6 Å². The molecule has 0 aliphatic heterocycles. The Morgan fingerprint density at radius 3 is 2.14 bits per heavy atom. The summed E-state index contributed by atoms with van der Waals surface area (Å²) in [7, 11) is 0. The molecule has 0 aromatic heterocycles. The Morgan fingerprint density at radius 1 is 1.00 bits per heavy atom. The number of nitrogens with one attached hydrogen (secondary N) is 1. The van der Waals surface area contributed by atoms with E-state index in [0.29, 0.717) is 33.6 Å². The Hall–Kier alpha value is -1.75. The Bertz CT molecular complexity index is 805. The summed E-state index contributed by atoms with van der Waals surface area (Å²) >= 11 is 18.5. The zero-order valence-electron chi connectivity index (χ0n) is 15.8. The van der Waals surface area contributed by atoms with Crippen molar-refractivity contribution in [1.82, 2.24) is 10.2 Å². The lowest BCUT2D eigenvalue weighted by Crippen LogP contribution is -2.49. The molecule has 1 N–H and O–H groups in total. The second-order valence-electron chi connectivity index (χ2n) is 6.34. The van der Waals surface area contributed by atoms with Gasteiger partial charge in [0.05, 0.1) is 6.42 Å². The third-order valence-corrected chi connectivity index (χ3v) is 5.36. The molecule has 7 heteroatoms. The van der Waals surface area contributed by atoms with Gasteiger partial charge in [-0.3, -0.25) is 9.59 Å². The van der Waals surface area contributed by atoms with E-state index in [2.05, 4.69) is 5.32 Å². The Balaban J connectivity index is 2.35. The normalized spacial score (nSPS) is 11.8. The number of amides is 2. The van der Waals surface area contributed by atoms with Crippen LogP contribution >= 0.6 is 34.8 Å². The smallest absolute Gasteiger partial charge is 0.242 e. The van der Waals surface area contributed by atoms with Crippen molar-refractivity contribution in [2.24, 2.45) is 0 Å². The quantitative estimate of drug-likeness (QED) is 0.617. The van der Waals surface area contributed by atoms with E-state index in [1.54, 1.807) is 47.4 Å². The summed E-state index contributed by atoms with van der Waals surface area (Å²) in [4.78, 5) is 27.3. The second kappa shape index (κ2) is 10.7. The summed E-state index contributed by atoms with van der Waals surface area (Å²) in [5, 5.41) is 4.32. The van der Waals surface area contributed by atoms with Gasteiger partial charge in [0.1, 0.15) is 6.04 Å². The molecular weight excluding hydrogens is 419 g/mol. The molecule has 2 rings (SSSR count). The monoisotopic (exact) mass is 440 g/mol. The van der Waals surface area contributed by atoms with Crippen LogP contribution in [0.15, 0.2) is 42.5 Å². The first-order valence-electron chi connectivity index (χ1n) is 9.11. The zero-order valence-corrected chi connectivity index (χ0v) is 18.1. The van der Waals surface area contributed by atoms with Crippen molar-refractivity contribution in [2.75, 3.05) is 6.54 Å². The lowest BCUT2D eigenvalue weighted by Gasteiger charge is -2.31. The molecule has 2 amide bonds. The predicted molar refractivity (Wildman–Crippen MR) is 115 cm³/mol. The molecule has 2 aromatic carbocycles. The van der Waals surface area contributed by atoms with E-state index < -0.39 is 6.04 Å². The van der Waals surface area contributed by atoms with Gasteiger partial charge in [-0.2, -0.15) is 0 Å². The lowest BCUT2D eigenvalue weighted by atomic mass is 10.1. The molecule has 0 spiro atoms. The van der Waals surface area contributed by atoms with E-state index in [-0.39, 0.29) is 24.8 Å². The van der Waals surface area contributed by atoms with Crippen LogP contribution < -0.4 is 5.32 Å². The first kappa shape index (κ1) is 22.5. The van der Waals surface area contributed by atoms with Gasteiger partial charge >= 0.3 is 0 Å². The van der Waals surface area contributed by atoms with Gasteiger partial charge in [0, 0.05) is 33.7 Å². The van der Waals surface area contributed by atoms with Crippen LogP contribution in [0.2, 0.25) is 15.1 Å². The van der Waals surface area contributed by atoms with E-state index in [0.717, 1.165) is 5.56 Å². The predicted octanol–water partition coefficient (Wildman–Crippen LogP) is 5.13. The topological polar surface area (TPSA) is 49.4 Å². The van der Waals surface area contributed by atoms with E-state index in [4.69, 9.17) is 34.8 Å². The summed E-state index contributed by atoms with van der Waals surface area (Å²) in [5.41, 5.74) is 1.44. The van der Waals surface area contributed by atoms with Crippen LogP contribution in [0.1, 0.15) is 31.4 Å². The number of likely N-dealkylation sites (N-methyl/N-ethyl adjacent to an activating group) is 1. The van der Waals surface area contributed by atoms with Crippen LogP contribution in [0.25, 0.3) is 0 Å². The molecule has 0 saturated carbocycles. The molecule has 1 atom stereocenters. The van der Waals surface area contributed by atoms with Gasteiger partial charge < -0.3 is 10.2 Å². The van der Waals surface area contributed by atoms with E-state index >= 15 is 0 Å². The summed E-state index contributed by atoms with van der Waals surface area (Å²) in [5.74, 6) is -0.381. The number of hydrogen-bond donors (Lipinski definition) is 1. The molecule has 0 saturated heterocycles. The third-order valence-electron chi connectivity index (χ3n) is 4.40. The number of carbonyl (C=O) groups excluding carboxylic acids is 2. The number of rotatable bonds is 8. The first-order chi connectivity index (χ1) is 13.4. The Labute approximate surface area is 180 Å². The van der Waals surface area contributed by atoms with Gasteiger partial charge in [0.2, 0.25) is 11.8 Å². The number of carbonyl (C=O) groups is 2. The molecule has 0 bridgehead atoms. The number of nitrogens with zero attached hydrogens (tertiary/aromatic N) is 1. The SMILES string of the molecule is CCNC(=O)[C@H](CC)N(Cc1c(Cl)cccc1Cl)C(=O)Cc1ccc(Cl)cc1.